The van der Waals surface area contributed by atoms with Crippen LogP contribution in [0.2, 0.25) is 0 Å². The number of imidazole rings is 1. The van der Waals surface area contributed by atoms with Crippen LogP contribution in [0.1, 0.15) is 36.7 Å². The van der Waals surface area contributed by atoms with Gasteiger partial charge in [-0.2, -0.15) is 0 Å². The summed E-state index contributed by atoms with van der Waals surface area (Å²) in [4.78, 5) is 10.7. The number of nitrogens with zero attached hydrogens (tertiary/aromatic N) is 2. The zero-order valence-corrected chi connectivity index (χ0v) is 14.2. The van der Waals surface area contributed by atoms with Crippen LogP contribution in [-0.2, 0) is 6.54 Å². The number of aromatic nitrogens is 2. The van der Waals surface area contributed by atoms with Crippen LogP contribution in [0.3, 0.4) is 0 Å². The molecule has 1 aliphatic heterocycles. The molecule has 2 heterocycles. The molecule has 1 atom stereocenters. The van der Waals surface area contributed by atoms with Gasteiger partial charge in [-0.15, -0.1) is 0 Å². The predicted octanol–water partition coefficient (Wildman–Crippen LogP) is 4.94. The standard InChI is InChI=1S/C21H22FN3/c22-18-11-9-17(10-12-18)19-14-23-21(24-19)20-8-4-5-13-25(20)15-16-6-2-1-3-7-16/h1-3,6-7,9-12,14,20H,4-5,8,13,15H2,(H,23,24). The van der Waals surface area contributed by atoms with Crippen molar-refractivity contribution in [1.29, 1.82) is 0 Å². The van der Waals surface area contributed by atoms with Crippen LogP contribution in [0, 0.1) is 5.82 Å². The Kier molecular flexibility index (Phi) is 4.61. The van der Waals surface area contributed by atoms with Gasteiger partial charge in [-0.25, -0.2) is 9.37 Å². The predicted molar refractivity (Wildman–Crippen MR) is 97.4 cm³/mol. The lowest BCUT2D eigenvalue weighted by molar-refractivity contribution is 0.134. The number of likely N-dealkylation sites (tertiary alicyclic amines) is 1. The van der Waals surface area contributed by atoms with E-state index in [2.05, 4.69) is 40.2 Å². The lowest BCUT2D eigenvalue weighted by atomic mass is 10.0. The first-order chi connectivity index (χ1) is 12.3. The zero-order chi connectivity index (χ0) is 17.1. The molecule has 0 spiro atoms. The molecule has 0 aliphatic carbocycles. The third-order valence-corrected chi connectivity index (χ3v) is 4.90. The maximum absolute atomic E-state index is 13.1. The number of hydrogen-bond donors (Lipinski definition) is 1. The second kappa shape index (κ2) is 7.19. The van der Waals surface area contributed by atoms with Gasteiger partial charge in [-0.05, 0) is 49.2 Å². The smallest absolute Gasteiger partial charge is 0.124 e. The Balaban J connectivity index is 1.55. The number of nitrogens with one attached hydrogen (secondary N) is 1. The Hall–Kier alpha value is -2.46. The first-order valence-corrected chi connectivity index (χ1v) is 8.89. The molecule has 0 bridgehead atoms. The lowest BCUT2D eigenvalue weighted by Crippen LogP contribution is -2.33. The normalized spacial score (nSPS) is 18.4. The second-order valence-corrected chi connectivity index (χ2v) is 6.65. The summed E-state index contributed by atoms with van der Waals surface area (Å²) in [6.45, 7) is 2.03. The third kappa shape index (κ3) is 3.64. The van der Waals surface area contributed by atoms with Crippen molar-refractivity contribution < 1.29 is 4.39 Å². The molecule has 25 heavy (non-hydrogen) atoms. The molecule has 0 radical (unpaired) electrons. The SMILES string of the molecule is Fc1ccc(-c2c[nH]c(C3CCCCN3Cc3ccccc3)n2)cc1. The molecule has 128 valence electrons. The van der Waals surface area contributed by atoms with Crippen LogP contribution in [0.15, 0.2) is 60.8 Å². The van der Waals surface area contributed by atoms with Crippen LogP contribution in [-0.4, -0.2) is 21.4 Å². The number of hydrogen-bond acceptors (Lipinski definition) is 2. The van der Waals surface area contributed by atoms with Crippen molar-refractivity contribution in [3.8, 4) is 11.3 Å². The van der Waals surface area contributed by atoms with Gasteiger partial charge in [0.25, 0.3) is 0 Å². The molecule has 4 heteroatoms. The topological polar surface area (TPSA) is 31.9 Å². The number of rotatable bonds is 4. The summed E-state index contributed by atoms with van der Waals surface area (Å²) in [5, 5.41) is 0. The molecule has 1 aromatic heterocycles. The van der Waals surface area contributed by atoms with Crippen LogP contribution in [0.25, 0.3) is 11.3 Å². The fraction of sp³-hybridized carbons (Fsp3) is 0.286. The molecule has 3 aromatic rings. The molecule has 0 amide bonds. The number of H-pyrrole nitrogens is 1. The van der Waals surface area contributed by atoms with E-state index in [0.29, 0.717) is 6.04 Å². The van der Waals surface area contributed by atoms with E-state index in [9.17, 15) is 4.39 Å². The van der Waals surface area contributed by atoms with Crippen LogP contribution in [0.5, 0.6) is 0 Å². The lowest BCUT2D eigenvalue weighted by Gasteiger charge is -2.34. The van der Waals surface area contributed by atoms with E-state index >= 15 is 0 Å². The van der Waals surface area contributed by atoms with Crippen LogP contribution in [0.4, 0.5) is 4.39 Å². The van der Waals surface area contributed by atoms with E-state index in [1.54, 1.807) is 12.1 Å². The first-order valence-electron chi connectivity index (χ1n) is 8.89. The second-order valence-electron chi connectivity index (χ2n) is 6.65. The summed E-state index contributed by atoms with van der Waals surface area (Å²) in [5.41, 5.74) is 3.15. The Morgan fingerprint density at radius 1 is 1.04 bits per heavy atom. The van der Waals surface area contributed by atoms with Gasteiger partial charge in [0.2, 0.25) is 0 Å². The van der Waals surface area contributed by atoms with E-state index in [4.69, 9.17) is 4.98 Å². The molecule has 1 saturated heterocycles. The molecule has 1 N–H and O–H groups in total. The van der Waals surface area contributed by atoms with E-state index in [0.717, 1.165) is 36.6 Å². The van der Waals surface area contributed by atoms with Crippen molar-refractivity contribution in [2.24, 2.45) is 0 Å². The molecule has 2 aromatic carbocycles. The van der Waals surface area contributed by atoms with E-state index in [1.165, 1.54) is 30.5 Å². The zero-order valence-electron chi connectivity index (χ0n) is 14.2. The van der Waals surface area contributed by atoms with Crippen molar-refractivity contribution in [3.05, 3.63) is 78.0 Å². The van der Waals surface area contributed by atoms with Crippen LogP contribution < -0.4 is 0 Å². The number of piperidine rings is 1. The summed E-state index contributed by atoms with van der Waals surface area (Å²) < 4.78 is 13.1. The van der Waals surface area contributed by atoms with Crippen LogP contribution >= 0.6 is 0 Å². The minimum absolute atomic E-state index is 0.221. The third-order valence-electron chi connectivity index (χ3n) is 4.90. The first kappa shape index (κ1) is 16.0. The number of aromatic amines is 1. The molecule has 0 saturated carbocycles. The molecule has 1 fully saturated rings. The van der Waals surface area contributed by atoms with Crippen molar-refractivity contribution in [2.45, 2.75) is 31.8 Å². The van der Waals surface area contributed by atoms with Gasteiger partial charge in [-0.1, -0.05) is 36.8 Å². The number of halogens is 1. The Labute approximate surface area is 147 Å². The van der Waals surface area contributed by atoms with Gasteiger partial charge < -0.3 is 4.98 Å². The minimum atomic E-state index is -0.221. The average Bonchev–Trinajstić information content (AvgIpc) is 3.14. The van der Waals surface area contributed by atoms with Crippen molar-refractivity contribution >= 4 is 0 Å². The minimum Gasteiger partial charge on any atom is -0.347 e. The summed E-state index contributed by atoms with van der Waals surface area (Å²) in [6, 6.07) is 17.4. The van der Waals surface area contributed by atoms with Gasteiger partial charge >= 0.3 is 0 Å². The highest BCUT2D eigenvalue weighted by molar-refractivity contribution is 5.58. The molecular weight excluding hydrogens is 313 g/mol. The molecule has 3 nitrogen and oxygen atoms in total. The van der Waals surface area contributed by atoms with Gasteiger partial charge in [0.05, 0.1) is 11.7 Å². The summed E-state index contributed by atoms with van der Waals surface area (Å²) in [7, 11) is 0. The summed E-state index contributed by atoms with van der Waals surface area (Å²) in [6.07, 6.45) is 5.50. The van der Waals surface area contributed by atoms with Gasteiger partial charge in [-0.3, -0.25) is 4.90 Å². The Morgan fingerprint density at radius 2 is 1.84 bits per heavy atom. The fourth-order valence-corrected chi connectivity index (χ4v) is 3.58. The van der Waals surface area contributed by atoms with E-state index < -0.39 is 0 Å². The van der Waals surface area contributed by atoms with E-state index in [-0.39, 0.29) is 5.82 Å². The van der Waals surface area contributed by atoms with Gasteiger partial charge in [0, 0.05) is 18.3 Å². The average molecular weight is 335 g/mol. The van der Waals surface area contributed by atoms with Gasteiger partial charge in [0.1, 0.15) is 11.6 Å². The Bertz CT molecular complexity index is 811. The molecule has 1 unspecified atom stereocenters. The highest BCUT2D eigenvalue weighted by Crippen LogP contribution is 2.31. The molecule has 4 rings (SSSR count). The molecular formula is C21H22FN3. The highest BCUT2D eigenvalue weighted by Gasteiger charge is 2.26. The van der Waals surface area contributed by atoms with Crippen molar-refractivity contribution in [2.75, 3.05) is 6.54 Å². The van der Waals surface area contributed by atoms with Crippen molar-refractivity contribution in [1.82, 2.24) is 14.9 Å². The maximum Gasteiger partial charge on any atom is 0.124 e. The van der Waals surface area contributed by atoms with Gasteiger partial charge in [0.15, 0.2) is 0 Å². The summed E-state index contributed by atoms with van der Waals surface area (Å²) >= 11 is 0. The Morgan fingerprint density at radius 3 is 2.64 bits per heavy atom. The monoisotopic (exact) mass is 335 g/mol. The van der Waals surface area contributed by atoms with Crippen molar-refractivity contribution in [3.63, 3.8) is 0 Å². The summed E-state index contributed by atoms with van der Waals surface area (Å²) in [5.74, 6) is 0.788. The highest BCUT2D eigenvalue weighted by atomic mass is 19.1. The number of benzene rings is 2. The fourth-order valence-electron chi connectivity index (χ4n) is 3.58. The molecule has 1 aliphatic rings. The maximum atomic E-state index is 13.1. The largest absolute Gasteiger partial charge is 0.347 e. The van der Waals surface area contributed by atoms with E-state index in [1.807, 2.05) is 6.20 Å². The quantitative estimate of drug-likeness (QED) is 0.732.